The summed E-state index contributed by atoms with van der Waals surface area (Å²) >= 11 is 0. The second-order valence-corrected chi connectivity index (χ2v) is 8.79. The number of rotatable bonds is 4. The Morgan fingerprint density at radius 3 is 1.32 bits per heavy atom. The predicted molar refractivity (Wildman–Crippen MR) is 116 cm³/mol. The minimum atomic E-state index is -0.483. The van der Waals surface area contributed by atoms with Crippen LogP contribution in [0, 0.1) is 0 Å². The highest BCUT2D eigenvalue weighted by molar-refractivity contribution is 6.01. The van der Waals surface area contributed by atoms with Gasteiger partial charge in [0.05, 0.1) is 10.8 Å². The molecule has 2 aliphatic carbocycles. The summed E-state index contributed by atoms with van der Waals surface area (Å²) in [5.41, 5.74) is 15.5. The number of hydrogen-bond donors (Lipinski definition) is 2. The van der Waals surface area contributed by atoms with E-state index in [9.17, 15) is 4.79 Å². The molecule has 2 aromatic carbocycles. The van der Waals surface area contributed by atoms with Crippen molar-refractivity contribution < 1.29 is 4.79 Å². The Hall–Kier alpha value is -2.29. The van der Waals surface area contributed by atoms with Crippen molar-refractivity contribution in [3.63, 3.8) is 0 Å². The minimum absolute atomic E-state index is 0.371. The lowest BCUT2D eigenvalue weighted by Crippen LogP contribution is -2.51. The average molecular weight is 377 g/mol. The van der Waals surface area contributed by atoms with Crippen LogP contribution in [0.5, 0.6) is 0 Å². The van der Waals surface area contributed by atoms with Gasteiger partial charge in [-0.2, -0.15) is 0 Å². The first kappa shape index (κ1) is 19.0. The van der Waals surface area contributed by atoms with Crippen LogP contribution in [-0.4, -0.2) is 5.78 Å². The van der Waals surface area contributed by atoms with E-state index in [1.807, 2.05) is 36.4 Å². The highest BCUT2D eigenvalue weighted by atomic mass is 16.1. The lowest BCUT2D eigenvalue weighted by Gasteiger charge is -2.47. The maximum Gasteiger partial charge on any atom is 0.154 e. The van der Waals surface area contributed by atoms with Crippen LogP contribution in [-0.2, 0) is 15.6 Å². The molecule has 3 nitrogen and oxygen atoms in total. The molecule has 0 atom stereocenters. The molecule has 0 unspecified atom stereocenters. The molecule has 2 aliphatic rings. The van der Waals surface area contributed by atoms with E-state index in [4.69, 9.17) is 11.5 Å². The Kier molecular flexibility index (Phi) is 5.18. The molecule has 0 bridgehead atoms. The third-order valence-electron chi connectivity index (χ3n) is 7.24. The van der Waals surface area contributed by atoms with Crippen LogP contribution in [0.4, 0.5) is 11.4 Å². The maximum atomic E-state index is 14.6. The zero-order valence-corrected chi connectivity index (χ0v) is 16.8. The van der Waals surface area contributed by atoms with Crippen LogP contribution in [0.25, 0.3) is 0 Å². The fourth-order valence-electron chi connectivity index (χ4n) is 5.87. The number of para-hydroxylation sites is 2. The van der Waals surface area contributed by atoms with Crippen molar-refractivity contribution in [1.29, 1.82) is 0 Å². The van der Waals surface area contributed by atoms with Crippen LogP contribution < -0.4 is 11.5 Å². The zero-order valence-electron chi connectivity index (χ0n) is 16.8. The van der Waals surface area contributed by atoms with E-state index in [0.29, 0.717) is 5.78 Å². The third-order valence-corrected chi connectivity index (χ3v) is 7.24. The second kappa shape index (κ2) is 7.62. The van der Waals surface area contributed by atoms with Gasteiger partial charge in [0.15, 0.2) is 5.78 Å². The molecule has 4 N–H and O–H groups in total. The molecular formula is C25H32N2O. The second-order valence-electron chi connectivity index (χ2n) is 8.79. The lowest BCUT2D eigenvalue weighted by molar-refractivity contribution is -0.133. The van der Waals surface area contributed by atoms with Crippen molar-refractivity contribution >= 4 is 17.2 Å². The van der Waals surface area contributed by atoms with E-state index in [2.05, 4.69) is 12.1 Å². The van der Waals surface area contributed by atoms with Gasteiger partial charge in [-0.25, -0.2) is 0 Å². The van der Waals surface area contributed by atoms with E-state index >= 15 is 0 Å². The molecule has 2 fully saturated rings. The third kappa shape index (κ3) is 3.01. The number of hydrogen-bond acceptors (Lipinski definition) is 3. The highest BCUT2D eigenvalue weighted by Gasteiger charge is 2.53. The van der Waals surface area contributed by atoms with Crippen molar-refractivity contribution in [3.8, 4) is 0 Å². The monoisotopic (exact) mass is 376 g/mol. The van der Waals surface area contributed by atoms with Crippen LogP contribution >= 0.6 is 0 Å². The van der Waals surface area contributed by atoms with E-state index in [-0.39, 0.29) is 0 Å². The maximum absolute atomic E-state index is 14.6. The summed E-state index contributed by atoms with van der Waals surface area (Å²) in [6.07, 6.45) is 10.3. The summed E-state index contributed by atoms with van der Waals surface area (Å²) in [6, 6.07) is 16.1. The molecule has 148 valence electrons. The number of benzene rings is 2. The number of anilines is 2. The van der Waals surface area contributed by atoms with Gasteiger partial charge in [0.1, 0.15) is 0 Å². The molecule has 0 aliphatic heterocycles. The van der Waals surface area contributed by atoms with Gasteiger partial charge in [-0.3, -0.25) is 4.79 Å². The van der Waals surface area contributed by atoms with E-state index in [0.717, 1.165) is 73.9 Å². The van der Waals surface area contributed by atoms with E-state index < -0.39 is 10.8 Å². The van der Waals surface area contributed by atoms with Gasteiger partial charge in [0.25, 0.3) is 0 Å². The van der Waals surface area contributed by atoms with Crippen molar-refractivity contribution in [2.75, 3.05) is 11.5 Å². The Bertz CT molecular complexity index is 776. The topological polar surface area (TPSA) is 69.1 Å². The van der Waals surface area contributed by atoms with Crippen molar-refractivity contribution in [3.05, 3.63) is 59.7 Å². The Morgan fingerprint density at radius 1 is 0.607 bits per heavy atom. The Balaban J connectivity index is 1.89. The SMILES string of the molecule is Nc1ccccc1C1(C(=O)C2(c3ccccc3N)CCCCC2)CCCCC1. The number of carbonyl (C=O) groups is 1. The highest BCUT2D eigenvalue weighted by Crippen LogP contribution is 2.52. The van der Waals surface area contributed by atoms with Gasteiger partial charge in [-0.05, 0) is 48.9 Å². The van der Waals surface area contributed by atoms with Crippen molar-refractivity contribution in [2.24, 2.45) is 0 Å². The summed E-state index contributed by atoms with van der Waals surface area (Å²) in [5, 5.41) is 0. The quantitative estimate of drug-likeness (QED) is 0.690. The fraction of sp³-hybridized carbons (Fsp3) is 0.480. The number of nitrogen functional groups attached to an aromatic ring is 2. The van der Waals surface area contributed by atoms with Crippen molar-refractivity contribution in [1.82, 2.24) is 0 Å². The molecule has 4 rings (SSSR count). The molecule has 3 heteroatoms. The summed E-state index contributed by atoms with van der Waals surface area (Å²) in [4.78, 5) is 14.6. The summed E-state index contributed by atoms with van der Waals surface area (Å²) in [7, 11) is 0. The van der Waals surface area contributed by atoms with E-state index in [1.54, 1.807) is 0 Å². The molecular weight excluding hydrogens is 344 g/mol. The number of carbonyl (C=O) groups excluding carboxylic acids is 1. The van der Waals surface area contributed by atoms with Gasteiger partial charge in [0.2, 0.25) is 0 Å². The summed E-state index contributed by atoms with van der Waals surface area (Å²) in [5.74, 6) is 0.371. The lowest BCUT2D eigenvalue weighted by atomic mass is 9.55. The minimum Gasteiger partial charge on any atom is -0.398 e. The van der Waals surface area contributed by atoms with Gasteiger partial charge < -0.3 is 11.5 Å². The molecule has 0 saturated heterocycles. The first-order chi connectivity index (χ1) is 13.6. The normalized spacial score (nSPS) is 21.1. The predicted octanol–water partition coefficient (Wildman–Crippen LogP) is 5.52. The van der Waals surface area contributed by atoms with Crippen LogP contribution in [0.1, 0.15) is 75.3 Å². The average Bonchev–Trinajstić information content (AvgIpc) is 2.75. The van der Waals surface area contributed by atoms with Crippen LogP contribution in [0.3, 0.4) is 0 Å². The number of Topliss-reactive ketones (excluding diaryl/α,β-unsaturated/α-hetero) is 1. The Morgan fingerprint density at radius 2 is 0.964 bits per heavy atom. The largest absolute Gasteiger partial charge is 0.398 e. The van der Waals surface area contributed by atoms with Crippen LogP contribution in [0.15, 0.2) is 48.5 Å². The van der Waals surface area contributed by atoms with Crippen molar-refractivity contribution in [2.45, 2.75) is 75.0 Å². The molecule has 0 spiro atoms. The molecule has 0 heterocycles. The standard InChI is InChI=1S/C25H32N2O/c26-21-13-5-3-11-19(21)24(15-7-1-8-16-24)23(28)25(17-9-2-10-18-25)20-12-4-6-14-22(20)27/h3-6,11-14H,1-2,7-10,15-18,26-27H2. The fourth-order valence-corrected chi connectivity index (χ4v) is 5.87. The molecule has 28 heavy (non-hydrogen) atoms. The van der Waals surface area contributed by atoms with Crippen LogP contribution in [0.2, 0.25) is 0 Å². The first-order valence-corrected chi connectivity index (χ1v) is 10.9. The number of ketones is 1. The van der Waals surface area contributed by atoms with Gasteiger partial charge in [-0.1, -0.05) is 74.9 Å². The van der Waals surface area contributed by atoms with Gasteiger partial charge in [-0.15, -0.1) is 0 Å². The zero-order chi connectivity index (χ0) is 19.6. The molecule has 2 saturated carbocycles. The molecule has 0 radical (unpaired) electrons. The summed E-state index contributed by atoms with van der Waals surface area (Å²) < 4.78 is 0. The first-order valence-electron chi connectivity index (χ1n) is 10.9. The molecule has 0 amide bonds. The summed E-state index contributed by atoms with van der Waals surface area (Å²) in [6.45, 7) is 0. The Labute approximate surface area is 168 Å². The van der Waals surface area contributed by atoms with E-state index in [1.165, 1.54) is 12.8 Å². The molecule has 0 aromatic heterocycles. The molecule has 2 aromatic rings. The number of nitrogens with two attached hydrogens (primary N) is 2. The van der Waals surface area contributed by atoms with Gasteiger partial charge >= 0.3 is 0 Å². The van der Waals surface area contributed by atoms with Gasteiger partial charge in [0, 0.05) is 11.4 Å². The smallest absolute Gasteiger partial charge is 0.154 e.